The van der Waals surface area contributed by atoms with E-state index in [-0.39, 0.29) is 0 Å². The van der Waals surface area contributed by atoms with Crippen LogP contribution in [-0.4, -0.2) is 32.6 Å². The van der Waals surface area contributed by atoms with Crippen LogP contribution in [0.15, 0.2) is 35.3 Å². The zero-order valence-electron chi connectivity index (χ0n) is 13.4. The maximum Gasteiger partial charge on any atom is 0.330 e. The summed E-state index contributed by atoms with van der Waals surface area (Å²) in [5.41, 5.74) is 1.15. The summed E-state index contributed by atoms with van der Waals surface area (Å²) < 4.78 is 7.32. The van der Waals surface area contributed by atoms with E-state index in [9.17, 15) is 9.59 Å². The van der Waals surface area contributed by atoms with Crippen LogP contribution in [0.2, 0.25) is 5.02 Å². The molecule has 0 spiro atoms. The molecule has 0 saturated heterocycles. The molecule has 0 aliphatic rings. The number of nitrogens with zero attached hydrogens (tertiary/aromatic N) is 4. The van der Waals surface area contributed by atoms with E-state index in [2.05, 4.69) is 10.2 Å². The van der Waals surface area contributed by atoms with Gasteiger partial charge in [0, 0.05) is 10.4 Å². The van der Waals surface area contributed by atoms with Gasteiger partial charge in [0.1, 0.15) is 5.52 Å². The van der Waals surface area contributed by atoms with Crippen LogP contribution in [0.5, 0.6) is 0 Å². The van der Waals surface area contributed by atoms with Crippen LogP contribution in [-0.2, 0) is 9.53 Å². The lowest BCUT2D eigenvalue weighted by molar-refractivity contribution is -0.144. The van der Waals surface area contributed by atoms with Crippen molar-refractivity contribution in [2.45, 2.75) is 19.9 Å². The minimum absolute atomic E-state index is 0.334. The van der Waals surface area contributed by atoms with Gasteiger partial charge in [0.15, 0.2) is 6.04 Å². The highest BCUT2D eigenvalue weighted by atomic mass is 35.5. The van der Waals surface area contributed by atoms with Crippen LogP contribution in [0, 0.1) is 6.92 Å². The Kier molecular flexibility index (Phi) is 4.11. The lowest BCUT2D eigenvalue weighted by Crippen LogP contribution is -2.32. The Morgan fingerprint density at radius 2 is 2.12 bits per heavy atom. The van der Waals surface area contributed by atoms with Gasteiger partial charge in [-0.05, 0) is 32.0 Å². The zero-order valence-corrected chi connectivity index (χ0v) is 14.1. The minimum Gasteiger partial charge on any atom is -0.467 e. The number of hydrogen-bond acceptors (Lipinski definition) is 5. The van der Waals surface area contributed by atoms with E-state index in [0.29, 0.717) is 27.3 Å². The largest absolute Gasteiger partial charge is 0.467 e. The van der Waals surface area contributed by atoms with Gasteiger partial charge in [-0.25, -0.2) is 14.2 Å². The summed E-state index contributed by atoms with van der Waals surface area (Å²) in [6, 6.07) is 6.17. The van der Waals surface area contributed by atoms with Crippen molar-refractivity contribution >= 4 is 28.5 Å². The van der Waals surface area contributed by atoms with Gasteiger partial charge in [-0.1, -0.05) is 17.7 Å². The number of halogens is 1. The van der Waals surface area contributed by atoms with Crippen molar-refractivity contribution < 1.29 is 9.53 Å². The van der Waals surface area contributed by atoms with Crippen LogP contribution in [0.4, 0.5) is 0 Å². The molecule has 0 aliphatic carbocycles. The van der Waals surface area contributed by atoms with E-state index >= 15 is 0 Å². The van der Waals surface area contributed by atoms with Crippen LogP contribution in [0.1, 0.15) is 18.7 Å². The molecule has 24 heavy (non-hydrogen) atoms. The van der Waals surface area contributed by atoms with Crippen molar-refractivity contribution in [1.29, 1.82) is 0 Å². The van der Waals surface area contributed by atoms with Gasteiger partial charge >= 0.3 is 5.97 Å². The molecule has 8 heteroatoms. The monoisotopic (exact) mass is 346 g/mol. The normalized spacial score (nSPS) is 12.3. The molecule has 0 radical (unpaired) electrons. The Morgan fingerprint density at radius 3 is 2.79 bits per heavy atom. The molecule has 0 saturated carbocycles. The molecule has 0 N–H and O–H groups in total. The highest BCUT2D eigenvalue weighted by Crippen LogP contribution is 2.20. The summed E-state index contributed by atoms with van der Waals surface area (Å²) in [4.78, 5) is 24.7. The third kappa shape index (κ3) is 2.56. The van der Waals surface area contributed by atoms with E-state index < -0.39 is 17.6 Å². The Balaban J connectivity index is 2.30. The van der Waals surface area contributed by atoms with Crippen LogP contribution < -0.4 is 5.56 Å². The third-order valence-electron chi connectivity index (χ3n) is 3.79. The third-order valence-corrected chi connectivity index (χ3v) is 4.02. The number of methoxy groups -OCH3 is 1. The van der Waals surface area contributed by atoms with Crippen molar-refractivity contribution in [3.05, 3.63) is 51.5 Å². The maximum absolute atomic E-state index is 12.9. The fourth-order valence-corrected chi connectivity index (χ4v) is 2.71. The van der Waals surface area contributed by atoms with Gasteiger partial charge in [0.05, 0.1) is 24.7 Å². The molecule has 7 nitrogen and oxygen atoms in total. The van der Waals surface area contributed by atoms with E-state index in [1.165, 1.54) is 11.8 Å². The first-order valence-corrected chi connectivity index (χ1v) is 7.62. The number of carbonyl (C=O) groups excluding carboxylic acids is 1. The van der Waals surface area contributed by atoms with Crippen molar-refractivity contribution in [1.82, 2.24) is 19.6 Å². The van der Waals surface area contributed by atoms with E-state index in [1.807, 2.05) is 0 Å². The minimum atomic E-state index is -0.840. The van der Waals surface area contributed by atoms with Gasteiger partial charge in [-0.3, -0.25) is 4.79 Å². The molecule has 0 fully saturated rings. The number of benzene rings is 1. The highest BCUT2D eigenvalue weighted by molar-refractivity contribution is 6.30. The number of rotatable bonds is 3. The quantitative estimate of drug-likeness (QED) is 0.680. The first kappa shape index (κ1) is 16.2. The molecule has 1 aromatic carbocycles. The first-order chi connectivity index (χ1) is 11.4. The Morgan fingerprint density at radius 1 is 1.38 bits per heavy atom. The Labute approximate surface area is 142 Å². The number of esters is 1. The second kappa shape index (κ2) is 6.09. The fourth-order valence-electron chi connectivity index (χ4n) is 2.52. The number of fused-ring (bicyclic) bond motifs is 1. The molecular formula is C16H15ClN4O3. The van der Waals surface area contributed by atoms with E-state index in [1.54, 1.807) is 44.3 Å². The topological polar surface area (TPSA) is 79.0 Å². The molecule has 0 amide bonds. The predicted octanol–water partition coefficient (Wildman–Crippen LogP) is 2.28. The summed E-state index contributed by atoms with van der Waals surface area (Å²) in [5.74, 6) is -0.544. The smallest absolute Gasteiger partial charge is 0.330 e. The molecule has 0 bridgehead atoms. The molecule has 1 atom stereocenters. The predicted molar refractivity (Wildman–Crippen MR) is 89.6 cm³/mol. The van der Waals surface area contributed by atoms with Crippen LogP contribution in [0.25, 0.3) is 16.6 Å². The molecule has 0 aliphatic heterocycles. The number of aryl methyl sites for hydroxylation is 1. The number of carbonyl (C=O) groups is 1. The lowest BCUT2D eigenvalue weighted by atomic mass is 10.2. The van der Waals surface area contributed by atoms with Gasteiger partial charge in [0.2, 0.25) is 0 Å². The van der Waals surface area contributed by atoms with E-state index in [0.717, 1.165) is 4.68 Å². The molecule has 124 valence electrons. The van der Waals surface area contributed by atoms with Crippen LogP contribution >= 0.6 is 11.6 Å². The first-order valence-electron chi connectivity index (χ1n) is 7.25. The van der Waals surface area contributed by atoms with E-state index in [4.69, 9.17) is 16.3 Å². The highest BCUT2D eigenvalue weighted by Gasteiger charge is 2.22. The van der Waals surface area contributed by atoms with Gasteiger partial charge < -0.3 is 4.74 Å². The van der Waals surface area contributed by atoms with Crippen molar-refractivity contribution in [3.63, 3.8) is 0 Å². The molecule has 3 rings (SSSR count). The SMILES string of the molecule is COC(=O)C(C)n1nc(C)c2cnn(-c3cccc(Cl)c3)c2c1=O. The lowest BCUT2D eigenvalue weighted by Gasteiger charge is -2.13. The summed E-state index contributed by atoms with van der Waals surface area (Å²) in [6.45, 7) is 3.32. The molecule has 3 aromatic rings. The summed E-state index contributed by atoms with van der Waals surface area (Å²) in [7, 11) is 1.27. The average molecular weight is 347 g/mol. The van der Waals surface area contributed by atoms with Crippen molar-refractivity contribution in [2.75, 3.05) is 7.11 Å². The maximum atomic E-state index is 12.9. The average Bonchev–Trinajstić information content (AvgIpc) is 3.02. The zero-order chi connectivity index (χ0) is 17.4. The van der Waals surface area contributed by atoms with Crippen molar-refractivity contribution in [3.8, 4) is 5.69 Å². The standard InChI is InChI=1S/C16H15ClN4O3/c1-9-13-8-18-21(12-6-4-5-11(17)7-12)14(13)15(22)20(19-9)10(2)16(23)24-3/h4-8,10H,1-3H3. The number of aromatic nitrogens is 4. The second-order valence-corrected chi connectivity index (χ2v) is 5.77. The van der Waals surface area contributed by atoms with Crippen molar-refractivity contribution in [2.24, 2.45) is 0 Å². The second-order valence-electron chi connectivity index (χ2n) is 5.33. The molecule has 2 aromatic heterocycles. The Bertz CT molecular complexity index is 993. The summed E-state index contributed by atoms with van der Waals surface area (Å²) >= 11 is 6.03. The number of hydrogen-bond donors (Lipinski definition) is 0. The van der Waals surface area contributed by atoms with Gasteiger partial charge in [-0.2, -0.15) is 10.2 Å². The number of ether oxygens (including phenoxy) is 1. The van der Waals surface area contributed by atoms with Crippen LogP contribution in [0.3, 0.4) is 0 Å². The molecular weight excluding hydrogens is 332 g/mol. The van der Waals surface area contributed by atoms with Gasteiger partial charge in [-0.15, -0.1) is 0 Å². The summed E-state index contributed by atoms with van der Waals surface area (Å²) in [5, 5.41) is 9.65. The van der Waals surface area contributed by atoms with Gasteiger partial charge in [0.25, 0.3) is 5.56 Å². The Hall–Kier alpha value is -2.67. The molecule has 1 unspecified atom stereocenters. The molecule has 2 heterocycles. The fraction of sp³-hybridized carbons (Fsp3) is 0.250. The summed E-state index contributed by atoms with van der Waals surface area (Å²) in [6.07, 6.45) is 1.58.